The summed E-state index contributed by atoms with van der Waals surface area (Å²) in [6, 6.07) is 4.07. The Morgan fingerprint density at radius 1 is 1.40 bits per heavy atom. The molecule has 1 aliphatic heterocycles. The molecule has 1 aliphatic rings. The average Bonchev–Trinajstić information content (AvgIpc) is 2.91. The van der Waals surface area contributed by atoms with E-state index in [4.69, 9.17) is 5.11 Å². The van der Waals surface area contributed by atoms with Gasteiger partial charge in [0.15, 0.2) is 0 Å². The molecule has 0 atom stereocenters. The van der Waals surface area contributed by atoms with E-state index < -0.39 is 10.9 Å². The number of carboxylic acids is 1. The van der Waals surface area contributed by atoms with E-state index in [1.165, 1.54) is 31.0 Å². The van der Waals surface area contributed by atoms with Gasteiger partial charge in [0.1, 0.15) is 5.56 Å². The summed E-state index contributed by atoms with van der Waals surface area (Å²) in [5, 5.41) is 22.8. The third-order valence-electron chi connectivity index (χ3n) is 3.38. The van der Waals surface area contributed by atoms with Crippen LogP contribution in [0, 0.1) is 10.1 Å². The second kappa shape index (κ2) is 6.33. The lowest BCUT2D eigenvalue weighted by atomic mass is 10.1. The average molecular weight is 279 g/mol. The molecule has 2 N–H and O–H groups in total. The Kier molecular flexibility index (Phi) is 4.52. The number of nitrogens with one attached hydrogen (secondary N) is 1. The third-order valence-corrected chi connectivity index (χ3v) is 3.38. The zero-order chi connectivity index (χ0) is 14.5. The highest BCUT2D eigenvalue weighted by Crippen LogP contribution is 2.22. The van der Waals surface area contributed by atoms with Crippen LogP contribution in [0.3, 0.4) is 0 Å². The molecule has 1 heterocycles. The van der Waals surface area contributed by atoms with Gasteiger partial charge in [-0.1, -0.05) is 0 Å². The summed E-state index contributed by atoms with van der Waals surface area (Å²) >= 11 is 0. The van der Waals surface area contributed by atoms with Crippen LogP contribution < -0.4 is 5.32 Å². The number of nitro benzene ring substituents is 1. The van der Waals surface area contributed by atoms with E-state index in [9.17, 15) is 14.9 Å². The molecule has 7 heteroatoms. The van der Waals surface area contributed by atoms with Gasteiger partial charge in [-0.05, 0) is 38.1 Å². The van der Waals surface area contributed by atoms with E-state index in [-0.39, 0.29) is 11.3 Å². The molecule has 2 rings (SSSR count). The summed E-state index contributed by atoms with van der Waals surface area (Å²) in [6.07, 6.45) is 2.45. The van der Waals surface area contributed by atoms with Crippen molar-refractivity contribution < 1.29 is 14.8 Å². The van der Waals surface area contributed by atoms with Crippen molar-refractivity contribution >= 4 is 17.3 Å². The number of carbonyl (C=O) groups is 1. The number of likely N-dealkylation sites (tertiary alicyclic amines) is 1. The molecule has 0 aliphatic carbocycles. The molecule has 1 saturated heterocycles. The van der Waals surface area contributed by atoms with Gasteiger partial charge in [-0.2, -0.15) is 0 Å². The Balaban J connectivity index is 1.99. The molecule has 0 aromatic heterocycles. The van der Waals surface area contributed by atoms with Crippen molar-refractivity contribution in [3.63, 3.8) is 0 Å². The van der Waals surface area contributed by atoms with Crippen molar-refractivity contribution in [2.24, 2.45) is 0 Å². The number of hydrogen-bond acceptors (Lipinski definition) is 5. The summed E-state index contributed by atoms with van der Waals surface area (Å²) in [6.45, 7) is 3.78. The highest BCUT2D eigenvalue weighted by atomic mass is 16.6. The summed E-state index contributed by atoms with van der Waals surface area (Å²) in [7, 11) is 0. The number of aromatic carboxylic acids is 1. The molecule has 1 fully saturated rings. The van der Waals surface area contributed by atoms with Crippen LogP contribution in [0.1, 0.15) is 23.2 Å². The van der Waals surface area contributed by atoms with Crippen LogP contribution in [0.5, 0.6) is 0 Å². The van der Waals surface area contributed by atoms with Gasteiger partial charge in [-0.25, -0.2) is 4.79 Å². The summed E-state index contributed by atoms with van der Waals surface area (Å²) in [5.41, 5.74) is -0.0871. The van der Waals surface area contributed by atoms with Crippen molar-refractivity contribution in [3.8, 4) is 0 Å². The van der Waals surface area contributed by atoms with Gasteiger partial charge >= 0.3 is 5.97 Å². The van der Waals surface area contributed by atoms with Crippen LogP contribution in [0.4, 0.5) is 11.4 Å². The number of hydrogen-bond donors (Lipinski definition) is 2. The largest absolute Gasteiger partial charge is 0.477 e. The van der Waals surface area contributed by atoms with Gasteiger partial charge in [0.2, 0.25) is 0 Å². The molecule has 0 spiro atoms. The fraction of sp³-hybridized carbons (Fsp3) is 0.462. The van der Waals surface area contributed by atoms with Crippen molar-refractivity contribution in [2.45, 2.75) is 12.8 Å². The highest BCUT2D eigenvalue weighted by molar-refractivity contribution is 5.93. The molecule has 108 valence electrons. The van der Waals surface area contributed by atoms with Crippen LogP contribution in [0.2, 0.25) is 0 Å². The second-order valence-electron chi connectivity index (χ2n) is 4.77. The maximum atomic E-state index is 11.0. The molecule has 0 radical (unpaired) electrons. The van der Waals surface area contributed by atoms with Crippen LogP contribution in [-0.2, 0) is 0 Å². The molecule has 1 aromatic rings. The Morgan fingerprint density at radius 2 is 2.10 bits per heavy atom. The maximum Gasteiger partial charge on any atom is 0.342 e. The third kappa shape index (κ3) is 3.45. The SMILES string of the molecule is O=C(O)c1cc(NCCN2CCCC2)ccc1[N+](=O)[O-]. The van der Waals surface area contributed by atoms with Crippen molar-refractivity contribution in [3.05, 3.63) is 33.9 Å². The van der Waals surface area contributed by atoms with Crippen LogP contribution >= 0.6 is 0 Å². The zero-order valence-corrected chi connectivity index (χ0v) is 11.0. The molecular weight excluding hydrogens is 262 g/mol. The van der Waals surface area contributed by atoms with E-state index in [2.05, 4.69) is 10.2 Å². The topological polar surface area (TPSA) is 95.7 Å². The van der Waals surface area contributed by atoms with Crippen LogP contribution in [0.15, 0.2) is 18.2 Å². The smallest absolute Gasteiger partial charge is 0.342 e. The Labute approximate surface area is 116 Å². The molecule has 0 bridgehead atoms. The van der Waals surface area contributed by atoms with Crippen LogP contribution in [-0.4, -0.2) is 47.1 Å². The fourth-order valence-corrected chi connectivity index (χ4v) is 2.34. The number of nitrogens with zero attached hydrogens (tertiary/aromatic N) is 2. The van der Waals surface area contributed by atoms with Gasteiger partial charge in [0.25, 0.3) is 5.69 Å². The number of anilines is 1. The number of rotatable bonds is 6. The fourth-order valence-electron chi connectivity index (χ4n) is 2.34. The van der Waals surface area contributed by atoms with E-state index in [0.717, 1.165) is 19.6 Å². The van der Waals surface area contributed by atoms with Crippen molar-refractivity contribution in [1.82, 2.24) is 4.90 Å². The standard InChI is InChI=1S/C13H17N3O4/c17-13(18)11-9-10(3-4-12(11)16(19)20)14-5-8-15-6-1-2-7-15/h3-4,9,14H,1-2,5-8H2,(H,17,18). The molecule has 0 saturated carbocycles. The van der Waals surface area contributed by atoms with Gasteiger partial charge in [0, 0.05) is 24.8 Å². The molecule has 0 unspecified atom stereocenters. The first kappa shape index (κ1) is 14.3. The van der Waals surface area contributed by atoms with E-state index in [1.807, 2.05) is 0 Å². The molecule has 1 aromatic carbocycles. The zero-order valence-electron chi connectivity index (χ0n) is 11.0. The first-order chi connectivity index (χ1) is 9.58. The van der Waals surface area contributed by atoms with Crippen molar-refractivity contribution in [2.75, 3.05) is 31.5 Å². The minimum absolute atomic E-state index is 0.291. The lowest BCUT2D eigenvalue weighted by Crippen LogP contribution is -2.26. The van der Waals surface area contributed by atoms with E-state index in [0.29, 0.717) is 12.2 Å². The molecule has 7 nitrogen and oxygen atoms in total. The predicted octanol–water partition coefficient (Wildman–Crippen LogP) is 1.80. The van der Waals surface area contributed by atoms with Gasteiger partial charge in [-0.3, -0.25) is 10.1 Å². The maximum absolute atomic E-state index is 11.0. The van der Waals surface area contributed by atoms with Crippen molar-refractivity contribution in [1.29, 1.82) is 0 Å². The molecule has 20 heavy (non-hydrogen) atoms. The van der Waals surface area contributed by atoms with Crippen LogP contribution in [0.25, 0.3) is 0 Å². The normalized spacial score (nSPS) is 15.2. The Bertz CT molecular complexity index is 512. The summed E-state index contributed by atoms with van der Waals surface area (Å²) in [4.78, 5) is 23.4. The Hall–Kier alpha value is -2.15. The first-order valence-corrected chi connectivity index (χ1v) is 6.56. The lowest BCUT2D eigenvalue weighted by Gasteiger charge is -2.15. The second-order valence-corrected chi connectivity index (χ2v) is 4.77. The Morgan fingerprint density at radius 3 is 2.70 bits per heavy atom. The van der Waals surface area contributed by atoms with Gasteiger partial charge in [0.05, 0.1) is 4.92 Å². The first-order valence-electron chi connectivity index (χ1n) is 6.56. The number of carboxylic acid groups (broad SMARTS) is 1. The predicted molar refractivity (Wildman–Crippen MR) is 74.2 cm³/mol. The summed E-state index contributed by atoms with van der Waals surface area (Å²) < 4.78 is 0. The lowest BCUT2D eigenvalue weighted by molar-refractivity contribution is -0.385. The van der Waals surface area contributed by atoms with E-state index >= 15 is 0 Å². The minimum Gasteiger partial charge on any atom is -0.477 e. The molecule has 0 amide bonds. The summed E-state index contributed by atoms with van der Waals surface area (Å²) in [5.74, 6) is -1.29. The highest BCUT2D eigenvalue weighted by Gasteiger charge is 2.20. The number of benzene rings is 1. The minimum atomic E-state index is -1.29. The number of nitro groups is 1. The van der Waals surface area contributed by atoms with Gasteiger partial charge in [-0.15, -0.1) is 0 Å². The monoisotopic (exact) mass is 279 g/mol. The van der Waals surface area contributed by atoms with E-state index in [1.54, 1.807) is 0 Å². The van der Waals surface area contributed by atoms with Gasteiger partial charge < -0.3 is 15.3 Å². The molecular formula is C13H17N3O4. The quantitative estimate of drug-likeness (QED) is 0.609.